The van der Waals surface area contributed by atoms with E-state index in [1.54, 1.807) is 109 Å². The zero-order valence-corrected chi connectivity index (χ0v) is 33.5. The lowest BCUT2D eigenvalue weighted by Gasteiger charge is -2.81. The zero-order chi connectivity index (χ0) is 36.1. The summed E-state index contributed by atoms with van der Waals surface area (Å²) in [6.07, 6.45) is 33.2. The van der Waals surface area contributed by atoms with Crippen molar-refractivity contribution < 1.29 is 9.84 Å². The van der Waals surface area contributed by atoms with E-state index in [2.05, 4.69) is 24.3 Å². The topological polar surface area (TPSA) is 55.5 Å². The second-order valence-electron chi connectivity index (χ2n) is 24.4. The Hall–Kier alpha value is -2.16. The van der Waals surface area contributed by atoms with Crippen molar-refractivity contribution in [2.45, 2.75) is 141 Å². The molecule has 292 valence electrons. The number of rotatable bonds is 6. The highest BCUT2D eigenvalue weighted by Crippen LogP contribution is 2.86. The fourth-order valence-electron chi connectivity index (χ4n) is 22.9. The van der Waals surface area contributed by atoms with Crippen molar-refractivity contribution >= 4 is 5.69 Å². The molecule has 0 radical (unpaired) electrons. The molecule has 16 aliphatic rings. The van der Waals surface area contributed by atoms with E-state index in [1.807, 2.05) is 12.1 Å². The molecule has 16 saturated carbocycles. The Bertz CT molecular complexity index is 1850. The molecule has 18 rings (SSSR count). The Balaban J connectivity index is 0.956. The minimum atomic E-state index is 0.144. The lowest BCUT2D eigenvalue weighted by molar-refractivity contribution is -0.313. The zero-order valence-electron chi connectivity index (χ0n) is 33.5. The van der Waals surface area contributed by atoms with Gasteiger partial charge >= 0.3 is 0 Å². The summed E-state index contributed by atoms with van der Waals surface area (Å²) >= 11 is 0. The summed E-state index contributed by atoms with van der Waals surface area (Å²) < 4.78 is 6.96. The molecule has 55 heavy (non-hydrogen) atoms. The van der Waals surface area contributed by atoms with Crippen LogP contribution in [0.25, 0.3) is 0 Å². The van der Waals surface area contributed by atoms with Gasteiger partial charge in [-0.05, 0) is 269 Å². The minimum Gasteiger partial charge on any atom is -0.506 e. The van der Waals surface area contributed by atoms with Gasteiger partial charge in [0.2, 0.25) is 0 Å². The van der Waals surface area contributed by atoms with Gasteiger partial charge in [-0.1, -0.05) is 18.2 Å². The van der Waals surface area contributed by atoms with Crippen molar-refractivity contribution in [3.63, 3.8) is 0 Å². The summed E-state index contributed by atoms with van der Waals surface area (Å²) in [4.78, 5) is 0. The Morgan fingerprint density at radius 2 is 1.00 bits per heavy atom. The molecule has 3 heteroatoms. The van der Waals surface area contributed by atoms with Crippen LogP contribution in [0.4, 0.5) is 5.69 Å². The molecule has 16 fully saturated rings. The normalized spacial score (nSPS) is 55.5. The van der Waals surface area contributed by atoms with Crippen LogP contribution in [0.1, 0.15) is 146 Å². The van der Waals surface area contributed by atoms with E-state index in [-0.39, 0.29) is 5.75 Å². The van der Waals surface area contributed by atoms with E-state index in [1.165, 1.54) is 37.7 Å². The smallest absolute Gasteiger partial charge is 0.138 e. The van der Waals surface area contributed by atoms with Crippen molar-refractivity contribution in [1.82, 2.24) is 0 Å². The maximum Gasteiger partial charge on any atom is 0.138 e. The molecule has 3 nitrogen and oxygen atoms in total. The number of phenols is 1. The van der Waals surface area contributed by atoms with Gasteiger partial charge in [0.25, 0.3) is 0 Å². The second kappa shape index (κ2) is 10.9. The molecule has 0 aliphatic heterocycles. The van der Waals surface area contributed by atoms with Gasteiger partial charge in [-0.15, -0.1) is 0 Å². The molecule has 9 unspecified atom stereocenters. The summed E-state index contributed by atoms with van der Waals surface area (Å²) in [7, 11) is 0. The summed E-state index contributed by atoms with van der Waals surface area (Å²) in [5.41, 5.74) is 10.4. The highest BCUT2D eigenvalue weighted by atomic mass is 16.5. The van der Waals surface area contributed by atoms with Gasteiger partial charge in [0, 0.05) is 6.07 Å². The van der Waals surface area contributed by atoms with Crippen molar-refractivity contribution in [3.05, 3.63) is 48.0 Å². The molecule has 3 N–H and O–H groups in total. The van der Waals surface area contributed by atoms with Gasteiger partial charge in [0.05, 0.1) is 5.69 Å². The lowest BCUT2D eigenvalue weighted by Crippen LogP contribution is -2.73. The molecule has 16 bridgehead atoms. The van der Waals surface area contributed by atoms with Crippen molar-refractivity contribution in [2.24, 2.45) is 105 Å². The van der Waals surface area contributed by atoms with Crippen LogP contribution >= 0.6 is 0 Å². The van der Waals surface area contributed by atoms with Crippen LogP contribution < -0.4 is 10.5 Å². The van der Waals surface area contributed by atoms with E-state index in [0.29, 0.717) is 33.3 Å². The predicted molar refractivity (Wildman–Crippen MR) is 217 cm³/mol. The number of phenolic OH excluding ortho intramolecular Hbond substituents is 1. The van der Waals surface area contributed by atoms with Gasteiger partial charge < -0.3 is 15.6 Å². The number of hydrogen-bond acceptors (Lipinski definition) is 3. The Morgan fingerprint density at radius 1 is 0.509 bits per heavy atom. The number of para-hydroxylation sites is 1. The molecule has 2 aromatic carbocycles. The van der Waals surface area contributed by atoms with Crippen molar-refractivity contribution in [1.29, 1.82) is 0 Å². The van der Waals surface area contributed by atoms with E-state index in [4.69, 9.17) is 10.5 Å². The fraction of sp³-hybridized carbons (Fsp3) is 0.769. The maximum atomic E-state index is 10.3. The third-order valence-corrected chi connectivity index (χ3v) is 21.8. The molecule has 0 saturated heterocycles. The number of hydrogen-bond donors (Lipinski definition) is 2. The quantitative estimate of drug-likeness (QED) is 0.229. The fourth-order valence-corrected chi connectivity index (χ4v) is 22.9. The molecule has 9 atom stereocenters. The molecular weight excluding hydrogens is 671 g/mol. The number of nitrogens with two attached hydrogens (primary N) is 1. The third kappa shape index (κ3) is 4.26. The predicted octanol–water partition coefficient (Wildman–Crippen LogP) is 12.8. The molecule has 16 aliphatic carbocycles. The molecule has 0 spiro atoms. The second-order valence-corrected chi connectivity index (χ2v) is 24.4. The average Bonchev–Trinajstić information content (AvgIpc) is 3.12. The van der Waals surface area contributed by atoms with Crippen LogP contribution in [0, 0.1) is 105 Å². The van der Waals surface area contributed by atoms with Crippen LogP contribution in [-0.2, 0) is 0 Å². The van der Waals surface area contributed by atoms with Crippen LogP contribution in [0.3, 0.4) is 0 Å². The Morgan fingerprint density at radius 3 is 1.58 bits per heavy atom. The first-order valence-corrected chi connectivity index (χ1v) is 24.1. The Labute approximate surface area is 330 Å². The minimum absolute atomic E-state index is 0.144. The first kappa shape index (κ1) is 32.8. The highest BCUT2D eigenvalue weighted by molar-refractivity contribution is 5.56. The number of nitrogen functional groups attached to an aromatic ring is 1. The van der Waals surface area contributed by atoms with E-state index in [0.717, 1.165) is 94.3 Å². The molecule has 0 amide bonds. The largest absolute Gasteiger partial charge is 0.506 e. The monoisotopic (exact) mass is 738 g/mol. The van der Waals surface area contributed by atoms with E-state index < -0.39 is 0 Å². The number of ether oxygens (including phenoxy) is 1. The lowest BCUT2D eigenvalue weighted by atomic mass is 9.24. The van der Waals surface area contributed by atoms with Crippen LogP contribution in [0.5, 0.6) is 17.2 Å². The van der Waals surface area contributed by atoms with Crippen LogP contribution in [0.15, 0.2) is 42.5 Å². The summed E-state index contributed by atoms with van der Waals surface area (Å²) in [5, 5.41) is 10.3. The van der Waals surface area contributed by atoms with Crippen molar-refractivity contribution in [2.75, 3.05) is 5.73 Å². The molecule has 2 aromatic rings. The Kier molecular flexibility index (Phi) is 6.50. The van der Waals surface area contributed by atoms with Crippen LogP contribution in [-0.4, -0.2) is 5.11 Å². The first-order valence-electron chi connectivity index (χ1n) is 24.1. The van der Waals surface area contributed by atoms with Crippen molar-refractivity contribution in [3.8, 4) is 17.2 Å². The standard InChI is InChI=1S/C52H67NO2/c53-43-19-41(5-6-44(43)54)55-45-4-2-1-3-42(45)46-38-13-34-11-35(14-38)26-51(46,25-34)52-27-36-12-37(28-52)18-40(17-36)48(52)50-23-32-10-33(24-50)16-39(15-32)47(50)49-20-29-7-30(21-49)9-31(8-29)22-49/h1-6,19,29-40,46-48,54H,7-18,20-28,53H2. The SMILES string of the molecule is Nc1cc(Oc2ccccc2C2C3CC4CC(C3)CC2(C23CC5CC(CC(C5)C2C25CC6CC(CC(C6)C2C26CC7CC(CC(C7)C2)C6)C5)C3)C4)ccc1O. The van der Waals surface area contributed by atoms with Gasteiger partial charge in [-0.25, -0.2) is 0 Å². The van der Waals surface area contributed by atoms with E-state index >= 15 is 0 Å². The van der Waals surface area contributed by atoms with Gasteiger partial charge in [-0.3, -0.25) is 0 Å². The van der Waals surface area contributed by atoms with Gasteiger partial charge in [-0.2, -0.15) is 0 Å². The molecular formula is C52H67NO2. The molecule has 0 heterocycles. The highest BCUT2D eigenvalue weighted by Gasteiger charge is 2.78. The number of anilines is 1. The number of benzene rings is 2. The summed E-state index contributed by atoms with van der Waals surface area (Å²) in [6.45, 7) is 0. The third-order valence-electron chi connectivity index (χ3n) is 21.8. The summed E-state index contributed by atoms with van der Waals surface area (Å²) in [5.74, 6) is 16.6. The van der Waals surface area contributed by atoms with Gasteiger partial charge in [0.1, 0.15) is 17.2 Å². The first-order chi connectivity index (χ1) is 26.8. The van der Waals surface area contributed by atoms with E-state index in [9.17, 15) is 5.11 Å². The summed E-state index contributed by atoms with van der Waals surface area (Å²) in [6, 6.07) is 14.9. The van der Waals surface area contributed by atoms with Crippen LogP contribution in [0.2, 0.25) is 0 Å². The molecule has 0 aromatic heterocycles. The average molecular weight is 738 g/mol. The maximum absolute atomic E-state index is 10.3. The number of aromatic hydroxyl groups is 1. The van der Waals surface area contributed by atoms with Gasteiger partial charge in [0.15, 0.2) is 0 Å².